The molecule has 0 unspecified atom stereocenters. The number of amides is 1. The molecule has 0 bridgehead atoms. The van der Waals surface area contributed by atoms with Crippen molar-refractivity contribution < 1.29 is 4.79 Å². The number of aromatic nitrogens is 3. The summed E-state index contributed by atoms with van der Waals surface area (Å²) >= 11 is 10.8. The fourth-order valence-corrected chi connectivity index (χ4v) is 4.34. The van der Waals surface area contributed by atoms with Gasteiger partial charge in [-0.15, -0.1) is 10.2 Å². The number of thioether (sulfide) groups is 1. The van der Waals surface area contributed by atoms with E-state index in [0.29, 0.717) is 10.2 Å². The molecule has 0 aliphatic carbocycles. The van der Waals surface area contributed by atoms with Crippen LogP contribution in [0.15, 0.2) is 58.2 Å². The van der Waals surface area contributed by atoms with Crippen LogP contribution in [0, 0.1) is 6.92 Å². The number of hydrogen-bond acceptors (Lipinski definition) is 5. The van der Waals surface area contributed by atoms with E-state index in [0.717, 1.165) is 21.5 Å². The number of nitrogens with one attached hydrogen (secondary N) is 2. The number of carbonyl (C=O) groups is 1. The van der Waals surface area contributed by atoms with E-state index < -0.39 is 5.25 Å². The highest BCUT2D eigenvalue weighted by molar-refractivity contribution is 9.10. The van der Waals surface area contributed by atoms with Crippen molar-refractivity contribution in [3.05, 3.63) is 69.4 Å². The number of carbonyl (C=O) groups excluding carboxylic acids is 1. The summed E-state index contributed by atoms with van der Waals surface area (Å²) in [7, 11) is 0. The average molecular weight is 465 g/mol. The second kappa shape index (κ2) is 7.53. The van der Waals surface area contributed by atoms with Gasteiger partial charge in [0.15, 0.2) is 0 Å². The Hall–Kier alpha value is -2.03. The molecular formula is C18H15BrClN5OS. The molecule has 27 heavy (non-hydrogen) atoms. The fourth-order valence-electron chi connectivity index (χ4n) is 2.83. The van der Waals surface area contributed by atoms with Gasteiger partial charge in [-0.05, 0) is 48.9 Å². The first-order chi connectivity index (χ1) is 13.0. The molecule has 1 amide bonds. The van der Waals surface area contributed by atoms with Crippen molar-refractivity contribution in [1.82, 2.24) is 14.9 Å². The van der Waals surface area contributed by atoms with Crippen LogP contribution in [-0.2, 0) is 4.79 Å². The first-order valence-corrected chi connectivity index (χ1v) is 10.2. The minimum absolute atomic E-state index is 0.110. The Kier molecular flexibility index (Phi) is 5.12. The maximum atomic E-state index is 13.1. The first kappa shape index (κ1) is 18.3. The van der Waals surface area contributed by atoms with Crippen molar-refractivity contribution in [3.8, 4) is 0 Å². The summed E-state index contributed by atoms with van der Waals surface area (Å²) in [6.07, 6.45) is 0. The number of rotatable bonds is 3. The standard InChI is InChI=1S/C18H15BrClN5OS/c1-10-22-23-18-25(10)24-15(11-2-6-13(20)7-3-11)16(27-18)17(26)21-14-8-4-12(19)5-9-14/h2-9,15-16,24H,1H3,(H,21,26)/t15-,16+/m1/s1. The normalized spacial score (nSPS) is 18.5. The number of aryl methyl sites for hydroxylation is 1. The summed E-state index contributed by atoms with van der Waals surface area (Å²) in [5.41, 5.74) is 5.06. The molecule has 2 atom stereocenters. The van der Waals surface area contributed by atoms with Gasteiger partial charge in [0.2, 0.25) is 11.1 Å². The number of halogens is 2. The van der Waals surface area contributed by atoms with Gasteiger partial charge in [-0.3, -0.25) is 4.79 Å². The third kappa shape index (κ3) is 3.83. The van der Waals surface area contributed by atoms with Gasteiger partial charge in [-0.2, -0.15) is 0 Å². The highest BCUT2D eigenvalue weighted by Crippen LogP contribution is 2.37. The van der Waals surface area contributed by atoms with Gasteiger partial charge in [0.25, 0.3) is 0 Å². The summed E-state index contributed by atoms with van der Waals surface area (Å²) in [5, 5.41) is 12.1. The van der Waals surface area contributed by atoms with Gasteiger partial charge in [0, 0.05) is 15.2 Å². The molecule has 0 spiro atoms. The molecule has 2 aromatic carbocycles. The van der Waals surface area contributed by atoms with E-state index in [2.05, 4.69) is 36.9 Å². The van der Waals surface area contributed by atoms with E-state index in [9.17, 15) is 4.79 Å². The summed E-state index contributed by atoms with van der Waals surface area (Å²) in [6, 6.07) is 14.7. The molecule has 0 radical (unpaired) electrons. The van der Waals surface area contributed by atoms with Gasteiger partial charge >= 0.3 is 0 Å². The number of nitrogens with zero attached hydrogens (tertiary/aromatic N) is 3. The lowest BCUT2D eigenvalue weighted by Crippen LogP contribution is -2.41. The van der Waals surface area contributed by atoms with Gasteiger partial charge < -0.3 is 10.7 Å². The average Bonchev–Trinajstić information content (AvgIpc) is 3.03. The highest BCUT2D eigenvalue weighted by atomic mass is 79.9. The van der Waals surface area contributed by atoms with E-state index >= 15 is 0 Å². The second-order valence-electron chi connectivity index (χ2n) is 6.06. The molecule has 4 rings (SSSR count). The molecule has 3 aromatic rings. The molecule has 2 N–H and O–H groups in total. The zero-order chi connectivity index (χ0) is 19.0. The first-order valence-electron chi connectivity index (χ1n) is 8.18. The van der Waals surface area contributed by atoms with Crippen molar-refractivity contribution >= 4 is 50.9 Å². The Bertz CT molecular complexity index is 976. The van der Waals surface area contributed by atoms with Crippen LogP contribution in [0.25, 0.3) is 0 Å². The predicted octanol–water partition coefficient (Wildman–Crippen LogP) is 4.40. The monoisotopic (exact) mass is 463 g/mol. The Labute approximate surface area is 173 Å². The van der Waals surface area contributed by atoms with E-state index in [1.807, 2.05) is 60.1 Å². The van der Waals surface area contributed by atoms with Crippen LogP contribution in [-0.4, -0.2) is 26.0 Å². The van der Waals surface area contributed by atoms with E-state index in [1.54, 1.807) is 0 Å². The van der Waals surface area contributed by atoms with E-state index in [4.69, 9.17) is 11.6 Å². The maximum absolute atomic E-state index is 13.1. The minimum Gasteiger partial charge on any atom is -0.325 e. The summed E-state index contributed by atoms with van der Waals surface area (Å²) in [4.78, 5) is 13.1. The van der Waals surface area contributed by atoms with Gasteiger partial charge in [0.1, 0.15) is 11.1 Å². The quantitative estimate of drug-likeness (QED) is 0.601. The smallest absolute Gasteiger partial charge is 0.240 e. The van der Waals surface area contributed by atoms with Crippen LogP contribution in [0.3, 0.4) is 0 Å². The molecule has 0 saturated heterocycles. The third-order valence-electron chi connectivity index (χ3n) is 4.20. The summed E-state index contributed by atoms with van der Waals surface area (Å²) < 4.78 is 2.77. The predicted molar refractivity (Wildman–Crippen MR) is 111 cm³/mol. The maximum Gasteiger partial charge on any atom is 0.240 e. The largest absolute Gasteiger partial charge is 0.325 e. The Balaban J connectivity index is 1.65. The lowest BCUT2D eigenvalue weighted by atomic mass is 10.0. The molecular weight excluding hydrogens is 450 g/mol. The third-order valence-corrected chi connectivity index (χ3v) is 6.19. The second-order valence-corrected chi connectivity index (χ2v) is 8.52. The molecule has 1 aliphatic heterocycles. The van der Waals surface area contributed by atoms with Crippen LogP contribution in [0.1, 0.15) is 17.4 Å². The minimum atomic E-state index is -0.425. The number of hydrogen-bond donors (Lipinski definition) is 2. The van der Waals surface area contributed by atoms with E-state index in [1.165, 1.54) is 11.8 Å². The van der Waals surface area contributed by atoms with Crippen molar-refractivity contribution in [2.45, 2.75) is 23.4 Å². The lowest BCUT2D eigenvalue weighted by Gasteiger charge is -2.32. The molecule has 9 heteroatoms. The van der Waals surface area contributed by atoms with Crippen LogP contribution < -0.4 is 10.7 Å². The van der Waals surface area contributed by atoms with Gasteiger partial charge in [-0.25, -0.2) is 4.68 Å². The van der Waals surface area contributed by atoms with Crippen LogP contribution >= 0.6 is 39.3 Å². The zero-order valence-electron chi connectivity index (χ0n) is 14.2. The molecule has 1 aromatic heterocycles. The number of fused-ring (bicyclic) bond motifs is 1. The van der Waals surface area contributed by atoms with Crippen molar-refractivity contribution in [2.75, 3.05) is 10.7 Å². The van der Waals surface area contributed by atoms with Gasteiger partial charge in [0.05, 0.1) is 6.04 Å². The topological polar surface area (TPSA) is 71.8 Å². The van der Waals surface area contributed by atoms with Crippen LogP contribution in [0.2, 0.25) is 5.02 Å². The summed E-state index contributed by atoms with van der Waals surface area (Å²) in [5.74, 6) is 0.630. The van der Waals surface area contributed by atoms with Crippen molar-refractivity contribution in [3.63, 3.8) is 0 Å². The van der Waals surface area contributed by atoms with E-state index in [-0.39, 0.29) is 11.9 Å². The Morgan fingerprint density at radius 3 is 2.59 bits per heavy atom. The lowest BCUT2D eigenvalue weighted by molar-refractivity contribution is -0.116. The molecule has 6 nitrogen and oxygen atoms in total. The van der Waals surface area contributed by atoms with Crippen LogP contribution in [0.4, 0.5) is 5.69 Å². The number of benzene rings is 2. The van der Waals surface area contributed by atoms with Gasteiger partial charge in [-0.1, -0.05) is 51.4 Å². The molecule has 2 heterocycles. The molecule has 0 saturated carbocycles. The zero-order valence-corrected chi connectivity index (χ0v) is 17.3. The Morgan fingerprint density at radius 1 is 1.19 bits per heavy atom. The molecule has 0 fully saturated rings. The van der Waals surface area contributed by atoms with Crippen LogP contribution in [0.5, 0.6) is 0 Å². The molecule has 1 aliphatic rings. The number of anilines is 1. The van der Waals surface area contributed by atoms with Crippen molar-refractivity contribution in [1.29, 1.82) is 0 Å². The van der Waals surface area contributed by atoms with Crippen molar-refractivity contribution in [2.24, 2.45) is 0 Å². The Morgan fingerprint density at radius 2 is 1.89 bits per heavy atom. The molecule has 138 valence electrons. The highest BCUT2D eigenvalue weighted by Gasteiger charge is 2.37. The fraction of sp³-hybridized carbons (Fsp3) is 0.167. The SMILES string of the molecule is Cc1nnc2n1N[C@H](c1ccc(Cl)cc1)[C@@H](C(=O)Nc1ccc(Br)cc1)S2. The summed E-state index contributed by atoms with van der Waals surface area (Å²) in [6.45, 7) is 1.87.